The zero-order chi connectivity index (χ0) is 11.0. The molecular weight excluding hydrogens is 198 g/mol. The van der Waals surface area contributed by atoms with Crippen LogP contribution in [0.25, 0.3) is 10.9 Å². The van der Waals surface area contributed by atoms with Gasteiger partial charge in [-0.25, -0.2) is 0 Å². The Morgan fingerprint density at radius 2 is 2.06 bits per heavy atom. The summed E-state index contributed by atoms with van der Waals surface area (Å²) in [5.74, 6) is 0.450. The molecule has 1 aliphatic rings. The molecule has 82 valence electrons. The maximum atomic E-state index is 10.3. The molecule has 1 aliphatic carbocycles. The molecule has 16 heavy (non-hydrogen) atoms. The van der Waals surface area contributed by atoms with E-state index >= 15 is 0 Å². The van der Waals surface area contributed by atoms with Gasteiger partial charge >= 0.3 is 0 Å². The Morgan fingerprint density at radius 3 is 2.81 bits per heavy atom. The number of nitrogens with zero attached hydrogens (tertiary/aromatic N) is 1. The maximum Gasteiger partial charge on any atom is 0.0824 e. The van der Waals surface area contributed by atoms with E-state index in [9.17, 15) is 5.11 Å². The number of fused-ring (bicyclic) bond motifs is 1. The summed E-state index contributed by atoms with van der Waals surface area (Å²) in [6.45, 7) is 0. The molecule has 2 heteroatoms. The number of aromatic nitrogens is 1. The predicted octanol–water partition coefficient (Wildman–Crippen LogP) is 3.07. The van der Waals surface area contributed by atoms with Gasteiger partial charge < -0.3 is 5.11 Å². The maximum absolute atomic E-state index is 10.3. The lowest BCUT2D eigenvalue weighted by molar-refractivity contribution is 0.0632. The number of aliphatic hydroxyl groups is 1. The molecule has 0 saturated heterocycles. The molecule has 1 saturated carbocycles. The summed E-state index contributed by atoms with van der Waals surface area (Å²) in [5.41, 5.74) is 2.01. The van der Waals surface area contributed by atoms with Gasteiger partial charge in [0.05, 0.1) is 11.6 Å². The van der Waals surface area contributed by atoms with Crippen molar-refractivity contribution in [1.29, 1.82) is 0 Å². The van der Waals surface area contributed by atoms with Crippen molar-refractivity contribution in [2.75, 3.05) is 0 Å². The zero-order valence-corrected chi connectivity index (χ0v) is 9.13. The Balaban J connectivity index is 2.08. The van der Waals surface area contributed by atoms with Gasteiger partial charge in [-0.3, -0.25) is 4.98 Å². The van der Waals surface area contributed by atoms with Crippen LogP contribution in [0.4, 0.5) is 0 Å². The van der Waals surface area contributed by atoms with E-state index in [1.165, 1.54) is 6.42 Å². The summed E-state index contributed by atoms with van der Waals surface area (Å²) < 4.78 is 0. The molecule has 1 unspecified atom stereocenters. The van der Waals surface area contributed by atoms with Crippen molar-refractivity contribution in [2.45, 2.75) is 25.4 Å². The van der Waals surface area contributed by atoms with Gasteiger partial charge in [0.25, 0.3) is 0 Å². The molecule has 1 aromatic heterocycles. The minimum absolute atomic E-state index is 0.318. The van der Waals surface area contributed by atoms with Crippen molar-refractivity contribution in [2.24, 2.45) is 5.92 Å². The first-order valence-electron chi connectivity index (χ1n) is 5.88. The second-order valence-corrected chi connectivity index (χ2v) is 4.55. The average molecular weight is 213 g/mol. The Kier molecular flexibility index (Phi) is 2.37. The molecule has 0 aliphatic heterocycles. The van der Waals surface area contributed by atoms with Crippen molar-refractivity contribution >= 4 is 10.9 Å². The summed E-state index contributed by atoms with van der Waals surface area (Å²) in [4.78, 5) is 4.32. The molecule has 2 nitrogen and oxygen atoms in total. The van der Waals surface area contributed by atoms with Crippen LogP contribution in [0.3, 0.4) is 0 Å². The van der Waals surface area contributed by atoms with Gasteiger partial charge in [-0.2, -0.15) is 0 Å². The third kappa shape index (κ3) is 1.50. The Hall–Kier alpha value is -1.41. The molecular formula is C14H15NO. The number of aliphatic hydroxyl groups excluding tert-OH is 1. The summed E-state index contributed by atoms with van der Waals surface area (Å²) in [6, 6.07) is 9.96. The SMILES string of the molecule is OC(c1cccc2ncccc12)C1CCC1. The topological polar surface area (TPSA) is 33.1 Å². The van der Waals surface area contributed by atoms with Crippen LogP contribution in [0.1, 0.15) is 30.9 Å². The van der Waals surface area contributed by atoms with Gasteiger partial charge in [0.1, 0.15) is 0 Å². The highest BCUT2D eigenvalue weighted by Gasteiger charge is 2.27. The number of pyridine rings is 1. The fourth-order valence-electron chi connectivity index (χ4n) is 2.39. The molecule has 2 aromatic rings. The number of benzene rings is 1. The lowest BCUT2D eigenvalue weighted by Crippen LogP contribution is -2.20. The van der Waals surface area contributed by atoms with E-state index in [-0.39, 0.29) is 6.10 Å². The van der Waals surface area contributed by atoms with E-state index < -0.39 is 0 Å². The fourth-order valence-corrected chi connectivity index (χ4v) is 2.39. The molecule has 1 aromatic carbocycles. The van der Waals surface area contributed by atoms with Crippen LogP contribution >= 0.6 is 0 Å². The van der Waals surface area contributed by atoms with E-state index in [1.807, 2.05) is 30.3 Å². The van der Waals surface area contributed by atoms with Crippen molar-refractivity contribution in [3.8, 4) is 0 Å². The van der Waals surface area contributed by atoms with Gasteiger partial charge in [-0.15, -0.1) is 0 Å². The predicted molar refractivity (Wildman–Crippen MR) is 64.0 cm³/mol. The Morgan fingerprint density at radius 1 is 1.19 bits per heavy atom. The number of rotatable bonds is 2. The third-order valence-electron chi connectivity index (χ3n) is 3.59. The van der Waals surface area contributed by atoms with E-state index in [4.69, 9.17) is 0 Å². The van der Waals surface area contributed by atoms with Crippen molar-refractivity contribution in [3.63, 3.8) is 0 Å². The normalized spacial score (nSPS) is 18.3. The lowest BCUT2D eigenvalue weighted by atomic mass is 9.78. The van der Waals surface area contributed by atoms with Gasteiger partial charge in [0.2, 0.25) is 0 Å². The summed E-state index contributed by atoms with van der Waals surface area (Å²) in [6.07, 6.45) is 5.03. The highest BCUT2D eigenvalue weighted by Crippen LogP contribution is 2.39. The van der Waals surface area contributed by atoms with Crippen molar-refractivity contribution in [1.82, 2.24) is 4.98 Å². The van der Waals surface area contributed by atoms with E-state index in [2.05, 4.69) is 4.98 Å². The Bertz CT molecular complexity index is 500. The molecule has 3 rings (SSSR count). The molecule has 0 radical (unpaired) electrons. The quantitative estimate of drug-likeness (QED) is 0.831. The Labute approximate surface area is 94.9 Å². The van der Waals surface area contributed by atoms with Gasteiger partial charge in [0.15, 0.2) is 0 Å². The van der Waals surface area contributed by atoms with E-state index in [0.717, 1.165) is 29.3 Å². The number of hydrogen-bond acceptors (Lipinski definition) is 2. The molecule has 0 spiro atoms. The lowest BCUT2D eigenvalue weighted by Gasteiger charge is -2.31. The largest absolute Gasteiger partial charge is 0.388 e. The highest BCUT2D eigenvalue weighted by molar-refractivity contribution is 5.82. The van der Waals surface area contributed by atoms with Crippen LogP contribution in [-0.2, 0) is 0 Å². The van der Waals surface area contributed by atoms with Crippen LogP contribution in [0.15, 0.2) is 36.5 Å². The molecule has 0 bridgehead atoms. The molecule has 1 atom stereocenters. The van der Waals surface area contributed by atoms with Crippen LogP contribution in [0.2, 0.25) is 0 Å². The van der Waals surface area contributed by atoms with Crippen LogP contribution in [0.5, 0.6) is 0 Å². The smallest absolute Gasteiger partial charge is 0.0824 e. The van der Waals surface area contributed by atoms with Crippen LogP contribution in [0, 0.1) is 5.92 Å². The summed E-state index contributed by atoms with van der Waals surface area (Å²) in [7, 11) is 0. The molecule has 1 N–H and O–H groups in total. The zero-order valence-electron chi connectivity index (χ0n) is 9.13. The van der Waals surface area contributed by atoms with Gasteiger partial charge in [-0.05, 0) is 36.5 Å². The van der Waals surface area contributed by atoms with Crippen molar-refractivity contribution < 1.29 is 5.11 Å². The van der Waals surface area contributed by atoms with Crippen LogP contribution in [-0.4, -0.2) is 10.1 Å². The minimum atomic E-state index is -0.318. The number of hydrogen-bond donors (Lipinski definition) is 1. The second kappa shape index (κ2) is 3.87. The van der Waals surface area contributed by atoms with E-state index in [0.29, 0.717) is 5.92 Å². The van der Waals surface area contributed by atoms with E-state index in [1.54, 1.807) is 6.20 Å². The molecule has 1 heterocycles. The van der Waals surface area contributed by atoms with Gasteiger partial charge in [-0.1, -0.05) is 24.6 Å². The summed E-state index contributed by atoms with van der Waals surface area (Å²) in [5, 5.41) is 11.4. The minimum Gasteiger partial charge on any atom is -0.388 e. The monoisotopic (exact) mass is 213 g/mol. The average Bonchev–Trinajstić information content (AvgIpc) is 2.26. The standard InChI is InChI=1S/C14H15NO/c16-14(10-4-1-5-10)12-6-2-8-13-11(12)7-3-9-15-13/h2-3,6-10,14,16H,1,4-5H2. The highest BCUT2D eigenvalue weighted by atomic mass is 16.3. The first-order chi connectivity index (χ1) is 7.86. The third-order valence-corrected chi connectivity index (χ3v) is 3.59. The first-order valence-corrected chi connectivity index (χ1v) is 5.88. The fraction of sp³-hybridized carbons (Fsp3) is 0.357. The van der Waals surface area contributed by atoms with Gasteiger partial charge in [0, 0.05) is 11.6 Å². The second-order valence-electron chi connectivity index (χ2n) is 4.55. The van der Waals surface area contributed by atoms with Crippen LogP contribution < -0.4 is 0 Å². The molecule has 0 amide bonds. The molecule has 1 fully saturated rings. The van der Waals surface area contributed by atoms with Crippen molar-refractivity contribution in [3.05, 3.63) is 42.1 Å². The summed E-state index contributed by atoms with van der Waals surface area (Å²) >= 11 is 0. The first kappa shape index (κ1) is 9.79.